The molecule has 0 aliphatic heterocycles. The maximum absolute atomic E-state index is 6.51. The number of fused-ring (bicyclic) bond motifs is 8. The van der Waals surface area contributed by atoms with Gasteiger partial charge in [-0.15, -0.1) is 0 Å². The van der Waals surface area contributed by atoms with E-state index in [1.54, 1.807) is 0 Å². The molecule has 0 saturated heterocycles. The minimum Gasteiger partial charge on any atom is -0.456 e. The first-order chi connectivity index (χ1) is 29.2. The Bertz CT molecular complexity index is 3360. The molecule has 0 atom stereocenters. The Balaban J connectivity index is 1.07. The lowest BCUT2D eigenvalue weighted by atomic mass is 9.67. The number of rotatable bonds is 6. The Labute approximate surface area is 342 Å². The Kier molecular flexibility index (Phi) is 7.48. The van der Waals surface area contributed by atoms with Crippen molar-refractivity contribution in [3.63, 3.8) is 0 Å². The number of furan rings is 1. The molecule has 11 aromatic rings. The van der Waals surface area contributed by atoms with E-state index in [1.165, 1.54) is 66.1 Å². The zero-order chi connectivity index (χ0) is 38.9. The molecule has 276 valence electrons. The van der Waals surface area contributed by atoms with Gasteiger partial charge in [0.15, 0.2) is 0 Å². The zero-order valence-corrected chi connectivity index (χ0v) is 32.2. The second-order valence-electron chi connectivity index (χ2n) is 15.7. The normalized spacial score (nSPS) is 12.9. The summed E-state index contributed by atoms with van der Waals surface area (Å²) in [5.74, 6) is 0. The third kappa shape index (κ3) is 5.20. The van der Waals surface area contributed by atoms with Gasteiger partial charge in [-0.1, -0.05) is 164 Å². The fourth-order valence-corrected chi connectivity index (χ4v) is 9.79. The van der Waals surface area contributed by atoms with Gasteiger partial charge in [-0.25, -0.2) is 0 Å². The molecule has 0 fully saturated rings. The van der Waals surface area contributed by atoms with Crippen LogP contribution in [0, 0.1) is 0 Å². The van der Waals surface area contributed by atoms with Crippen molar-refractivity contribution in [2.24, 2.45) is 0 Å². The summed E-state index contributed by atoms with van der Waals surface area (Å²) < 4.78 is 6.51. The molecule has 2 heteroatoms. The van der Waals surface area contributed by atoms with Crippen LogP contribution in [-0.4, -0.2) is 0 Å². The van der Waals surface area contributed by atoms with Crippen LogP contribution in [0.25, 0.3) is 65.7 Å². The number of anilines is 3. The minimum atomic E-state index is -0.513. The van der Waals surface area contributed by atoms with Crippen LogP contribution in [-0.2, 0) is 5.41 Å². The van der Waals surface area contributed by atoms with Crippen molar-refractivity contribution in [2.45, 2.75) is 5.41 Å². The maximum atomic E-state index is 6.51. The van der Waals surface area contributed by atoms with Gasteiger partial charge in [0.05, 0.1) is 5.41 Å². The molecule has 0 N–H and O–H groups in total. The van der Waals surface area contributed by atoms with Crippen molar-refractivity contribution >= 4 is 60.5 Å². The molecule has 1 aliphatic carbocycles. The van der Waals surface area contributed by atoms with Crippen LogP contribution in [0.15, 0.2) is 229 Å². The largest absolute Gasteiger partial charge is 0.456 e. The molecule has 0 bridgehead atoms. The van der Waals surface area contributed by atoms with Crippen molar-refractivity contribution in [1.29, 1.82) is 0 Å². The smallest absolute Gasteiger partial charge is 0.137 e. The summed E-state index contributed by atoms with van der Waals surface area (Å²) in [5.41, 5.74) is 14.4. The summed E-state index contributed by atoms with van der Waals surface area (Å²) in [4.78, 5) is 2.40. The molecule has 1 heterocycles. The number of nitrogens with zero attached hydrogens (tertiary/aromatic N) is 1. The van der Waals surface area contributed by atoms with Gasteiger partial charge in [0, 0.05) is 33.9 Å². The van der Waals surface area contributed by atoms with E-state index in [0.29, 0.717) is 0 Å². The molecule has 1 aromatic heterocycles. The summed E-state index contributed by atoms with van der Waals surface area (Å²) in [7, 11) is 0. The Morgan fingerprint density at radius 2 is 0.847 bits per heavy atom. The SMILES string of the molecule is c1ccc(C2(c3ccccc3)c3ccccc3-c3ccc(N(c4ccc5cc(-c6ccc7ccccc7c6)ccc5c4)c4ccc5c(c4)oc4ccccc45)cc32)cc1. The van der Waals surface area contributed by atoms with Crippen LogP contribution in [0.3, 0.4) is 0 Å². The lowest BCUT2D eigenvalue weighted by molar-refractivity contribution is 0.669. The summed E-state index contributed by atoms with van der Waals surface area (Å²) in [6.45, 7) is 0. The van der Waals surface area contributed by atoms with E-state index < -0.39 is 5.41 Å². The monoisotopic (exact) mass is 751 g/mol. The number of para-hydroxylation sites is 1. The van der Waals surface area contributed by atoms with Gasteiger partial charge in [-0.05, 0) is 121 Å². The van der Waals surface area contributed by atoms with Gasteiger partial charge in [0.25, 0.3) is 0 Å². The summed E-state index contributed by atoms with van der Waals surface area (Å²) >= 11 is 0. The lowest BCUT2D eigenvalue weighted by Crippen LogP contribution is -2.28. The molecule has 0 spiro atoms. The van der Waals surface area contributed by atoms with Gasteiger partial charge in [-0.2, -0.15) is 0 Å². The second-order valence-corrected chi connectivity index (χ2v) is 15.7. The van der Waals surface area contributed by atoms with Crippen molar-refractivity contribution in [2.75, 3.05) is 4.90 Å². The highest BCUT2D eigenvalue weighted by Gasteiger charge is 2.46. The molecule has 1 aliphatic rings. The molecule has 0 amide bonds. The van der Waals surface area contributed by atoms with Crippen molar-refractivity contribution < 1.29 is 4.42 Å². The van der Waals surface area contributed by atoms with Gasteiger partial charge >= 0.3 is 0 Å². The third-order valence-corrected chi connectivity index (χ3v) is 12.5. The second kappa shape index (κ2) is 13.2. The molecule has 12 rings (SSSR count). The third-order valence-electron chi connectivity index (χ3n) is 12.5. The maximum Gasteiger partial charge on any atom is 0.137 e. The number of hydrogen-bond donors (Lipinski definition) is 0. The summed E-state index contributed by atoms with van der Waals surface area (Å²) in [6.07, 6.45) is 0. The number of benzene rings is 10. The Hall–Kier alpha value is -7.68. The van der Waals surface area contributed by atoms with E-state index in [0.717, 1.165) is 39.0 Å². The average molecular weight is 752 g/mol. The summed E-state index contributed by atoms with van der Waals surface area (Å²) in [6, 6.07) is 82.0. The highest BCUT2D eigenvalue weighted by atomic mass is 16.3. The first-order valence-electron chi connectivity index (χ1n) is 20.3. The molecule has 10 aromatic carbocycles. The summed E-state index contributed by atoms with van der Waals surface area (Å²) in [5, 5.41) is 7.11. The van der Waals surface area contributed by atoms with Gasteiger partial charge < -0.3 is 9.32 Å². The van der Waals surface area contributed by atoms with Crippen LogP contribution in [0.5, 0.6) is 0 Å². The molecule has 2 nitrogen and oxygen atoms in total. The molecular formula is C57H37NO. The highest BCUT2D eigenvalue weighted by molar-refractivity contribution is 6.06. The van der Waals surface area contributed by atoms with E-state index >= 15 is 0 Å². The number of hydrogen-bond acceptors (Lipinski definition) is 2. The van der Waals surface area contributed by atoms with E-state index in [4.69, 9.17) is 4.42 Å². The topological polar surface area (TPSA) is 16.4 Å². The van der Waals surface area contributed by atoms with Gasteiger partial charge in [-0.3, -0.25) is 0 Å². The van der Waals surface area contributed by atoms with Crippen molar-refractivity contribution in [1.82, 2.24) is 0 Å². The van der Waals surface area contributed by atoms with Gasteiger partial charge in [0.1, 0.15) is 11.2 Å². The molecule has 0 radical (unpaired) electrons. The van der Waals surface area contributed by atoms with Crippen LogP contribution in [0.4, 0.5) is 17.1 Å². The lowest BCUT2D eigenvalue weighted by Gasteiger charge is -2.35. The fourth-order valence-electron chi connectivity index (χ4n) is 9.79. The van der Waals surface area contributed by atoms with E-state index in [-0.39, 0.29) is 0 Å². The standard InChI is InChI=1S/C57H37NO/c1-3-15-44(16-4-1)57(45-17-5-2-6-18-45)53-21-11-9-19-49(53)50-31-29-47(36-54(50)57)58(48-30-32-52-51-20-10-12-22-55(51)59-56(52)37-48)46-28-27-42-34-41(25-26-43(42)35-46)40-24-23-38-13-7-8-14-39(38)33-40/h1-37H. The van der Waals surface area contributed by atoms with Crippen LogP contribution >= 0.6 is 0 Å². The molecule has 59 heavy (non-hydrogen) atoms. The van der Waals surface area contributed by atoms with E-state index in [9.17, 15) is 0 Å². The minimum absolute atomic E-state index is 0.513. The van der Waals surface area contributed by atoms with Gasteiger partial charge in [0.2, 0.25) is 0 Å². The van der Waals surface area contributed by atoms with E-state index in [1.807, 2.05) is 12.1 Å². The van der Waals surface area contributed by atoms with Crippen molar-refractivity contribution in [3.8, 4) is 22.3 Å². The molecular weight excluding hydrogens is 715 g/mol. The van der Waals surface area contributed by atoms with Crippen molar-refractivity contribution in [3.05, 3.63) is 247 Å². The zero-order valence-electron chi connectivity index (χ0n) is 32.2. The fraction of sp³-hybridized carbons (Fsp3) is 0.0175. The Morgan fingerprint density at radius 3 is 1.64 bits per heavy atom. The van der Waals surface area contributed by atoms with Crippen LogP contribution < -0.4 is 4.90 Å². The quantitative estimate of drug-likeness (QED) is 0.168. The first-order valence-corrected chi connectivity index (χ1v) is 20.3. The van der Waals surface area contributed by atoms with Crippen LogP contribution in [0.1, 0.15) is 22.3 Å². The average Bonchev–Trinajstić information content (AvgIpc) is 3.82. The predicted molar refractivity (Wildman–Crippen MR) is 246 cm³/mol. The van der Waals surface area contributed by atoms with Crippen LogP contribution in [0.2, 0.25) is 0 Å². The molecule has 0 unspecified atom stereocenters. The first kappa shape index (κ1) is 33.5. The predicted octanol–water partition coefficient (Wildman–Crippen LogP) is 15.4. The van der Waals surface area contributed by atoms with E-state index in [2.05, 4.69) is 217 Å². The Morgan fingerprint density at radius 1 is 0.322 bits per heavy atom. The highest BCUT2D eigenvalue weighted by Crippen LogP contribution is 2.57. The molecule has 0 saturated carbocycles.